The van der Waals surface area contributed by atoms with E-state index >= 15 is 0 Å². The first-order chi connectivity index (χ1) is 13.1. The fourth-order valence-electron chi connectivity index (χ4n) is 3.42. The number of nitrogens with zero attached hydrogens (tertiary/aromatic N) is 2. The van der Waals surface area contributed by atoms with Gasteiger partial charge in [0.1, 0.15) is 5.75 Å². The summed E-state index contributed by atoms with van der Waals surface area (Å²) < 4.78 is 5.29. The van der Waals surface area contributed by atoms with Gasteiger partial charge in [-0.1, -0.05) is 24.3 Å². The Balaban J connectivity index is 1.62. The Morgan fingerprint density at radius 3 is 2.85 bits per heavy atom. The molecule has 2 heterocycles. The highest BCUT2D eigenvalue weighted by atomic mass is 16.5. The fourth-order valence-corrected chi connectivity index (χ4v) is 3.42. The van der Waals surface area contributed by atoms with Crippen molar-refractivity contribution in [3.8, 4) is 5.75 Å². The summed E-state index contributed by atoms with van der Waals surface area (Å²) in [6.07, 6.45) is 6.69. The number of rotatable bonds is 6. The van der Waals surface area contributed by atoms with Gasteiger partial charge in [0.15, 0.2) is 0 Å². The van der Waals surface area contributed by atoms with Gasteiger partial charge in [0.25, 0.3) is 0 Å². The van der Waals surface area contributed by atoms with Crippen LogP contribution in [0.4, 0.5) is 0 Å². The molecule has 1 aliphatic rings. The lowest BCUT2D eigenvalue weighted by Gasteiger charge is -2.31. The number of ether oxygens (including phenoxy) is 1. The van der Waals surface area contributed by atoms with Gasteiger partial charge in [-0.2, -0.15) is 0 Å². The van der Waals surface area contributed by atoms with Crippen molar-refractivity contribution in [1.29, 1.82) is 0 Å². The average Bonchev–Trinajstić information content (AvgIpc) is 2.73. The van der Waals surface area contributed by atoms with Crippen LogP contribution >= 0.6 is 0 Å². The predicted molar refractivity (Wildman–Crippen MR) is 107 cm³/mol. The molecule has 2 aromatic rings. The summed E-state index contributed by atoms with van der Waals surface area (Å²) in [5, 5.41) is 3.42. The van der Waals surface area contributed by atoms with Gasteiger partial charge in [0, 0.05) is 31.5 Å². The molecule has 5 heteroatoms. The topological polar surface area (TPSA) is 54.5 Å². The molecule has 0 fully saturated rings. The molecule has 0 radical (unpaired) electrons. The molecule has 142 valence electrons. The second kappa shape index (κ2) is 8.82. The van der Waals surface area contributed by atoms with Crippen LogP contribution in [0.2, 0.25) is 0 Å². The van der Waals surface area contributed by atoms with E-state index in [9.17, 15) is 4.79 Å². The van der Waals surface area contributed by atoms with E-state index in [-0.39, 0.29) is 18.0 Å². The SMILES string of the molecule is COc1cccc([C@H](C)N[C@@H](C)C(=O)N2CCC=C(c3cccnc3)C2)c1. The zero-order chi connectivity index (χ0) is 19.2. The normalized spacial score (nSPS) is 16.4. The van der Waals surface area contributed by atoms with E-state index in [1.165, 1.54) is 0 Å². The third kappa shape index (κ3) is 4.74. The summed E-state index contributed by atoms with van der Waals surface area (Å²) in [7, 11) is 1.66. The Labute approximate surface area is 161 Å². The van der Waals surface area contributed by atoms with E-state index < -0.39 is 0 Å². The number of benzene rings is 1. The molecule has 0 spiro atoms. The molecule has 0 saturated heterocycles. The number of hydrogen-bond donors (Lipinski definition) is 1. The summed E-state index contributed by atoms with van der Waals surface area (Å²) in [5.74, 6) is 0.946. The Bertz CT molecular complexity index is 804. The molecule has 27 heavy (non-hydrogen) atoms. The number of carbonyl (C=O) groups is 1. The van der Waals surface area contributed by atoms with E-state index in [2.05, 4.69) is 23.3 Å². The first-order valence-electron chi connectivity index (χ1n) is 9.36. The van der Waals surface area contributed by atoms with Gasteiger partial charge in [-0.25, -0.2) is 0 Å². The van der Waals surface area contributed by atoms with Crippen molar-refractivity contribution in [2.24, 2.45) is 0 Å². The van der Waals surface area contributed by atoms with Crippen molar-refractivity contribution >= 4 is 11.5 Å². The second-order valence-electron chi connectivity index (χ2n) is 6.91. The number of nitrogens with one attached hydrogen (secondary N) is 1. The molecule has 1 amide bonds. The van der Waals surface area contributed by atoms with Crippen LogP contribution in [-0.2, 0) is 4.79 Å². The van der Waals surface area contributed by atoms with Crippen molar-refractivity contribution in [3.63, 3.8) is 0 Å². The molecule has 1 aliphatic heterocycles. The zero-order valence-electron chi connectivity index (χ0n) is 16.2. The van der Waals surface area contributed by atoms with Crippen molar-refractivity contribution in [3.05, 3.63) is 66.0 Å². The van der Waals surface area contributed by atoms with Crippen LogP contribution < -0.4 is 10.1 Å². The number of amides is 1. The Morgan fingerprint density at radius 1 is 1.26 bits per heavy atom. The van der Waals surface area contributed by atoms with Crippen LogP contribution in [0.15, 0.2) is 54.9 Å². The summed E-state index contributed by atoms with van der Waals surface area (Å²) in [6.45, 7) is 5.38. The van der Waals surface area contributed by atoms with E-state index in [4.69, 9.17) is 4.74 Å². The number of aromatic nitrogens is 1. The standard InChI is InChI=1S/C22H27N3O2/c1-16(18-7-4-10-21(13-18)27-3)24-17(2)22(26)25-12-6-9-20(15-25)19-8-5-11-23-14-19/h4-5,7-11,13-14,16-17,24H,6,12,15H2,1-3H3/t16-,17-/m0/s1. The van der Waals surface area contributed by atoms with Crippen LogP contribution in [0.25, 0.3) is 5.57 Å². The lowest BCUT2D eigenvalue weighted by atomic mass is 10.0. The molecular formula is C22H27N3O2. The molecular weight excluding hydrogens is 338 g/mol. The van der Waals surface area contributed by atoms with Crippen molar-refractivity contribution in [2.45, 2.75) is 32.4 Å². The van der Waals surface area contributed by atoms with Crippen molar-refractivity contribution < 1.29 is 9.53 Å². The first kappa shape index (κ1) is 19.1. The maximum absolute atomic E-state index is 13.0. The molecule has 1 N–H and O–H groups in total. The van der Waals surface area contributed by atoms with Crippen LogP contribution in [-0.4, -0.2) is 42.0 Å². The van der Waals surface area contributed by atoms with Crippen LogP contribution in [0.1, 0.15) is 37.4 Å². The molecule has 2 atom stereocenters. The fraction of sp³-hybridized carbons (Fsp3) is 0.364. The van der Waals surface area contributed by atoms with Gasteiger partial charge in [-0.15, -0.1) is 0 Å². The van der Waals surface area contributed by atoms with Gasteiger partial charge in [0.05, 0.1) is 13.2 Å². The van der Waals surface area contributed by atoms with E-state index in [1.54, 1.807) is 13.3 Å². The van der Waals surface area contributed by atoms with Gasteiger partial charge in [-0.05, 0) is 55.2 Å². The number of hydrogen-bond acceptors (Lipinski definition) is 4. The highest BCUT2D eigenvalue weighted by Crippen LogP contribution is 2.22. The molecule has 0 bridgehead atoms. The van der Waals surface area contributed by atoms with Crippen molar-refractivity contribution in [1.82, 2.24) is 15.2 Å². The van der Waals surface area contributed by atoms with Crippen LogP contribution in [0.5, 0.6) is 5.75 Å². The maximum Gasteiger partial charge on any atom is 0.239 e. The average molecular weight is 365 g/mol. The molecule has 5 nitrogen and oxygen atoms in total. The van der Waals surface area contributed by atoms with E-state index in [0.717, 1.165) is 35.4 Å². The molecule has 1 aromatic carbocycles. The largest absolute Gasteiger partial charge is 0.497 e. The van der Waals surface area contributed by atoms with E-state index in [1.807, 2.05) is 54.4 Å². The minimum atomic E-state index is -0.264. The smallest absolute Gasteiger partial charge is 0.239 e. The molecule has 1 aromatic heterocycles. The Kier molecular flexibility index (Phi) is 6.24. The van der Waals surface area contributed by atoms with Gasteiger partial charge < -0.3 is 9.64 Å². The van der Waals surface area contributed by atoms with Gasteiger partial charge in [0.2, 0.25) is 5.91 Å². The number of pyridine rings is 1. The third-order valence-electron chi connectivity index (χ3n) is 4.96. The summed E-state index contributed by atoms with van der Waals surface area (Å²) >= 11 is 0. The highest BCUT2D eigenvalue weighted by Gasteiger charge is 2.25. The number of methoxy groups -OCH3 is 1. The lowest BCUT2D eigenvalue weighted by molar-refractivity contribution is -0.132. The number of carbonyl (C=O) groups excluding carboxylic acids is 1. The summed E-state index contributed by atoms with van der Waals surface area (Å²) in [4.78, 5) is 19.1. The van der Waals surface area contributed by atoms with Crippen LogP contribution in [0, 0.1) is 0 Å². The summed E-state index contributed by atoms with van der Waals surface area (Å²) in [5.41, 5.74) is 3.35. The quantitative estimate of drug-likeness (QED) is 0.852. The Morgan fingerprint density at radius 2 is 2.11 bits per heavy atom. The lowest BCUT2D eigenvalue weighted by Crippen LogP contribution is -2.47. The third-order valence-corrected chi connectivity index (χ3v) is 4.96. The maximum atomic E-state index is 13.0. The minimum absolute atomic E-state index is 0.0529. The molecule has 0 saturated carbocycles. The zero-order valence-corrected chi connectivity index (χ0v) is 16.2. The van der Waals surface area contributed by atoms with E-state index in [0.29, 0.717) is 6.54 Å². The second-order valence-corrected chi connectivity index (χ2v) is 6.91. The van der Waals surface area contributed by atoms with Crippen molar-refractivity contribution in [2.75, 3.05) is 20.2 Å². The highest BCUT2D eigenvalue weighted by molar-refractivity contribution is 5.84. The predicted octanol–water partition coefficient (Wildman–Crippen LogP) is 3.45. The minimum Gasteiger partial charge on any atom is -0.497 e. The monoisotopic (exact) mass is 365 g/mol. The molecule has 0 aliphatic carbocycles. The van der Waals surface area contributed by atoms with Gasteiger partial charge in [-0.3, -0.25) is 15.1 Å². The van der Waals surface area contributed by atoms with Gasteiger partial charge >= 0.3 is 0 Å². The Hall–Kier alpha value is -2.66. The summed E-state index contributed by atoms with van der Waals surface area (Å²) in [6, 6.07) is 11.7. The first-order valence-corrected chi connectivity index (χ1v) is 9.36. The molecule has 0 unspecified atom stereocenters. The van der Waals surface area contributed by atoms with Crippen LogP contribution in [0.3, 0.4) is 0 Å². The molecule has 3 rings (SSSR count).